The zero-order valence-electron chi connectivity index (χ0n) is 20.5. The van der Waals surface area contributed by atoms with Crippen LogP contribution in [0.25, 0.3) is 0 Å². The summed E-state index contributed by atoms with van der Waals surface area (Å²) < 4.78 is 33.9. The van der Waals surface area contributed by atoms with Gasteiger partial charge in [-0.3, -0.25) is 15.1 Å². The van der Waals surface area contributed by atoms with Gasteiger partial charge in [0, 0.05) is 25.7 Å². The Bertz CT molecular complexity index is 1180. The molecule has 1 atom stereocenters. The third-order valence-electron chi connectivity index (χ3n) is 6.63. The van der Waals surface area contributed by atoms with Crippen LogP contribution in [0.15, 0.2) is 59.5 Å². The zero-order valence-corrected chi connectivity index (χ0v) is 21.3. The normalized spacial score (nSPS) is 22.0. The number of rotatable bonds is 8. The maximum Gasteiger partial charge on any atom is 0.254 e. The van der Waals surface area contributed by atoms with Crippen LogP contribution in [0.5, 0.6) is 11.5 Å². The first-order valence-corrected chi connectivity index (χ1v) is 13.5. The largest absolute Gasteiger partial charge is 0.457 e. The van der Waals surface area contributed by atoms with E-state index in [0.717, 1.165) is 0 Å². The van der Waals surface area contributed by atoms with Crippen molar-refractivity contribution in [2.24, 2.45) is 11.8 Å². The van der Waals surface area contributed by atoms with E-state index >= 15 is 0 Å². The molecule has 2 fully saturated rings. The Hall–Kier alpha value is -2.91. The first-order chi connectivity index (χ1) is 16.6. The molecule has 2 aliphatic heterocycles. The van der Waals surface area contributed by atoms with Crippen molar-refractivity contribution in [1.82, 2.24) is 14.5 Å². The maximum atomic E-state index is 13.3. The quantitative estimate of drug-likeness (QED) is 0.572. The molecule has 0 spiro atoms. The Morgan fingerprint density at radius 2 is 1.74 bits per heavy atom. The van der Waals surface area contributed by atoms with Gasteiger partial charge in [0.05, 0.1) is 4.90 Å². The van der Waals surface area contributed by atoms with Gasteiger partial charge in [-0.15, -0.1) is 0 Å². The van der Waals surface area contributed by atoms with Crippen molar-refractivity contribution in [3.05, 3.63) is 54.6 Å². The molecular weight excluding hydrogens is 464 g/mol. The topological polar surface area (TPSA) is 103 Å². The summed E-state index contributed by atoms with van der Waals surface area (Å²) in [5.41, 5.74) is -0.748. The van der Waals surface area contributed by atoms with Gasteiger partial charge in [-0.2, -0.15) is 4.31 Å². The second-order valence-electron chi connectivity index (χ2n) is 10.1. The Morgan fingerprint density at radius 3 is 2.40 bits per heavy atom. The SMILES string of the molecule is CC(C)CC1(C)NC(=N)N(CC2CCN(S(=O)(=O)c3cccc(Oc4ccccc4)c3)CC2)C1=O. The minimum absolute atomic E-state index is 0.0681. The fourth-order valence-corrected chi connectivity index (χ4v) is 6.48. The van der Waals surface area contributed by atoms with Crippen LogP contribution in [-0.4, -0.2) is 54.7 Å². The van der Waals surface area contributed by atoms with Crippen LogP contribution in [0.4, 0.5) is 0 Å². The van der Waals surface area contributed by atoms with Gasteiger partial charge in [-0.25, -0.2) is 8.42 Å². The number of nitrogens with zero attached hydrogens (tertiary/aromatic N) is 2. The van der Waals surface area contributed by atoms with Crippen molar-refractivity contribution in [2.45, 2.75) is 50.5 Å². The summed E-state index contributed by atoms with van der Waals surface area (Å²) in [5.74, 6) is 1.65. The molecule has 188 valence electrons. The minimum atomic E-state index is -3.66. The maximum absolute atomic E-state index is 13.3. The van der Waals surface area contributed by atoms with E-state index in [0.29, 0.717) is 56.3 Å². The van der Waals surface area contributed by atoms with Crippen LogP contribution < -0.4 is 10.1 Å². The summed E-state index contributed by atoms with van der Waals surface area (Å²) in [7, 11) is -3.66. The number of benzene rings is 2. The van der Waals surface area contributed by atoms with Gasteiger partial charge in [0.1, 0.15) is 17.0 Å². The van der Waals surface area contributed by atoms with E-state index in [1.807, 2.05) is 37.3 Å². The Balaban J connectivity index is 1.37. The summed E-state index contributed by atoms with van der Waals surface area (Å²) in [6, 6.07) is 15.8. The molecule has 4 rings (SSSR count). The predicted octanol–water partition coefficient (Wildman–Crippen LogP) is 4.05. The van der Waals surface area contributed by atoms with E-state index in [4.69, 9.17) is 10.1 Å². The monoisotopic (exact) mass is 498 g/mol. The Labute approximate surface area is 207 Å². The average Bonchev–Trinajstić information content (AvgIpc) is 3.02. The number of ether oxygens (including phenoxy) is 1. The highest BCUT2D eigenvalue weighted by Gasteiger charge is 2.46. The Kier molecular flexibility index (Phi) is 7.19. The third-order valence-corrected chi connectivity index (χ3v) is 8.53. The van der Waals surface area contributed by atoms with Gasteiger partial charge >= 0.3 is 0 Å². The van der Waals surface area contributed by atoms with E-state index in [9.17, 15) is 13.2 Å². The van der Waals surface area contributed by atoms with Crippen LogP contribution in [-0.2, 0) is 14.8 Å². The molecule has 2 aliphatic rings. The predicted molar refractivity (Wildman–Crippen MR) is 135 cm³/mol. The number of piperidine rings is 1. The molecule has 2 aromatic rings. The lowest BCUT2D eigenvalue weighted by Gasteiger charge is -2.33. The van der Waals surface area contributed by atoms with Crippen LogP contribution in [0, 0.1) is 17.2 Å². The Morgan fingerprint density at radius 1 is 1.09 bits per heavy atom. The number of guanidine groups is 1. The number of carbonyl (C=O) groups is 1. The van der Waals surface area contributed by atoms with Crippen molar-refractivity contribution in [1.29, 1.82) is 5.41 Å². The number of carbonyl (C=O) groups excluding carboxylic acids is 1. The van der Waals surface area contributed by atoms with E-state index in [2.05, 4.69) is 19.2 Å². The molecule has 2 aromatic carbocycles. The highest BCUT2D eigenvalue weighted by atomic mass is 32.2. The van der Waals surface area contributed by atoms with Gasteiger partial charge in [-0.05, 0) is 62.3 Å². The molecular formula is C26H34N4O4S. The number of amides is 1. The third kappa shape index (κ3) is 5.51. The summed E-state index contributed by atoms with van der Waals surface area (Å²) >= 11 is 0. The smallest absolute Gasteiger partial charge is 0.254 e. The lowest BCUT2D eigenvalue weighted by molar-refractivity contribution is -0.131. The summed E-state index contributed by atoms with van der Waals surface area (Å²) in [6.45, 7) is 7.17. The van der Waals surface area contributed by atoms with Crippen LogP contribution in [0.2, 0.25) is 0 Å². The second kappa shape index (κ2) is 9.99. The number of nitrogens with one attached hydrogen (secondary N) is 2. The molecule has 0 bridgehead atoms. The number of para-hydroxylation sites is 1. The molecule has 2 saturated heterocycles. The van der Waals surface area contributed by atoms with Gasteiger partial charge in [0.2, 0.25) is 10.0 Å². The molecule has 0 aliphatic carbocycles. The standard InChI is InChI=1S/C26H34N4O4S/c1-19(2)17-26(3)24(31)30(25(27)28-26)18-20-12-14-29(15-13-20)35(32,33)23-11-7-10-22(16-23)34-21-8-5-4-6-9-21/h4-11,16,19-20H,12-15,17-18H2,1-3H3,(H2,27,28). The molecule has 8 nitrogen and oxygen atoms in total. The lowest BCUT2D eigenvalue weighted by Crippen LogP contribution is -2.46. The minimum Gasteiger partial charge on any atom is -0.457 e. The van der Waals surface area contributed by atoms with Crippen LogP contribution in [0.3, 0.4) is 0 Å². The fraction of sp³-hybridized carbons (Fsp3) is 0.462. The van der Waals surface area contributed by atoms with Crippen molar-refractivity contribution in [3.63, 3.8) is 0 Å². The lowest BCUT2D eigenvalue weighted by atomic mass is 9.90. The summed E-state index contributed by atoms with van der Waals surface area (Å²) in [6.07, 6.45) is 1.93. The van der Waals surface area contributed by atoms with Crippen molar-refractivity contribution < 1.29 is 17.9 Å². The first-order valence-electron chi connectivity index (χ1n) is 12.1. The highest BCUT2D eigenvalue weighted by molar-refractivity contribution is 7.89. The fourth-order valence-electron chi connectivity index (χ4n) is 4.97. The summed E-state index contributed by atoms with van der Waals surface area (Å²) in [5, 5.41) is 11.4. The van der Waals surface area contributed by atoms with Gasteiger partial charge < -0.3 is 10.1 Å². The van der Waals surface area contributed by atoms with Gasteiger partial charge in [0.15, 0.2) is 5.96 Å². The molecule has 9 heteroatoms. The van der Waals surface area contributed by atoms with Gasteiger partial charge in [0.25, 0.3) is 5.91 Å². The van der Waals surface area contributed by atoms with Crippen molar-refractivity contribution >= 4 is 21.9 Å². The molecule has 0 aromatic heterocycles. The zero-order chi connectivity index (χ0) is 25.2. The van der Waals surface area contributed by atoms with E-state index in [1.165, 1.54) is 9.21 Å². The molecule has 2 N–H and O–H groups in total. The van der Waals surface area contributed by atoms with Crippen LogP contribution in [0.1, 0.15) is 40.0 Å². The molecule has 0 saturated carbocycles. The van der Waals surface area contributed by atoms with E-state index < -0.39 is 15.6 Å². The number of hydrogen-bond acceptors (Lipinski definition) is 5. The van der Waals surface area contributed by atoms with Crippen molar-refractivity contribution in [3.8, 4) is 11.5 Å². The highest BCUT2D eigenvalue weighted by Crippen LogP contribution is 2.30. The van der Waals surface area contributed by atoms with Crippen molar-refractivity contribution in [2.75, 3.05) is 19.6 Å². The second-order valence-corrected chi connectivity index (χ2v) is 12.0. The first kappa shape index (κ1) is 25.2. The van der Waals surface area contributed by atoms with E-state index in [1.54, 1.807) is 24.3 Å². The van der Waals surface area contributed by atoms with E-state index in [-0.39, 0.29) is 22.7 Å². The van der Waals surface area contributed by atoms with Gasteiger partial charge in [-0.1, -0.05) is 38.1 Å². The summed E-state index contributed by atoms with van der Waals surface area (Å²) in [4.78, 5) is 14.8. The molecule has 1 amide bonds. The molecule has 2 heterocycles. The average molecular weight is 499 g/mol. The number of sulfonamides is 1. The number of hydrogen-bond donors (Lipinski definition) is 2. The molecule has 0 radical (unpaired) electrons. The van der Waals surface area contributed by atoms with Crippen LogP contribution >= 0.6 is 0 Å². The molecule has 35 heavy (non-hydrogen) atoms. The molecule has 1 unspecified atom stereocenters.